The van der Waals surface area contributed by atoms with E-state index in [1.165, 1.54) is 0 Å². The molecule has 2 aromatic rings. The maximum atomic E-state index is 12.0. The number of nitrogens with one attached hydrogen (secondary N) is 1. The van der Waals surface area contributed by atoms with Gasteiger partial charge in [0.2, 0.25) is 17.6 Å². The number of carbonyl (C=O) groups is 2. The van der Waals surface area contributed by atoms with Crippen molar-refractivity contribution in [2.45, 2.75) is 25.7 Å². The summed E-state index contributed by atoms with van der Waals surface area (Å²) in [7, 11) is 0. The number of aromatic nitrogens is 2. The lowest BCUT2D eigenvalue weighted by molar-refractivity contribution is -0.154. The fourth-order valence-electron chi connectivity index (χ4n) is 2.67. The molecule has 3 rings (SSSR count). The number of nitrogens with zero attached hydrogens (tertiary/aromatic N) is 2. The Morgan fingerprint density at radius 2 is 2.16 bits per heavy atom. The summed E-state index contributed by atoms with van der Waals surface area (Å²) in [6.07, 6.45) is 1.27. The van der Waals surface area contributed by atoms with Crippen LogP contribution in [0.2, 0.25) is 0 Å². The number of rotatable bonds is 7. The number of hydrogen-bond donors (Lipinski definition) is 2. The number of carboxylic acid groups (broad SMARTS) is 1. The van der Waals surface area contributed by atoms with Crippen LogP contribution in [0, 0.1) is 5.41 Å². The average molecular weight is 365 g/mol. The number of amides is 1. The van der Waals surface area contributed by atoms with E-state index in [4.69, 9.17) is 9.26 Å². The first-order valence-corrected chi connectivity index (χ1v) is 8.96. The Morgan fingerprint density at radius 1 is 1.36 bits per heavy atom. The zero-order chi connectivity index (χ0) is 17.7. The molecule has 0 spiro atoms. The normalized spacial score (nSPS) is 16.5. The van der Waals surface area contributed by atoms with Crippen LogP contribution in [0.3, 0.4) is 0 Å². The van der Waals surface area contributed by atoms with Crippen molar-refractivity contribution < 1.29 is 24.0 Å². The van der Waals surface area contributed by atoms with E-state index in [1.54, 1.807) is 11.3 Å². The van der Waals surface area contributed by atoms with Crippen molar-refractivity contribution in [3.8, 4) is 11.4 Å². The van der Waals surface area contributed by atoms with Crippen LogP contribution in [0.25, 0.3) is 11.4 Å². The maximum Gasteiger partial charge on any atom is 0.311 e. The van der Waals surface area contributed by atoms with Gasteiger partial charge in [0.1, 0.15) is 0 Å². The Balaban J connectivity index is 1.49. The minimum Gasteiger partial charge on any atom is -0.481 e. The minimum atomic E-state index is -0.940. The molecule has 8 nitrogen and oxygen atoms in total. The van der Waals surface area contributed by atoms with Crippen molar-refractivity contribution in [3.05, 3.63) is 22.7 Å². The van der Waals surface area contributed by atoms with Crippen molar-refractivity contribution in [2.24, 2.45) is 5.41 Å². The smallest absolute Gasteiger partial charge is 0.311 e. The summed E-state index contributed by atoms with van der Waals surface area (Å²) in [4.78, 5) is 27.8. The van der Waals surface area contributed by atoms with E-state index in [-0.39, 0.29) is 18.9 Å². The first kappa shape index (κ1) is 17.6. The zero-order valence-electron chi connectivity index (χ0n) is 13.6. The van der Waals surface area contributed by atoms with E-state index < -0.39 is 11.4 Å². The molecule has 2 aromatic heterocycles. The number of aryl methyl sites for hydroxylation is 1. The molecule has 25 heavy (non-hydrogen) atoms. The standard InChI is InChI=1S/C16H19N3O5S/c20-12(17-10-16(15(21)22)4-6-23-7-5-16)1-2-13-18-14(19-24-13)11-3-8-25-9-11/h3,8-9H,1-2,4-7,10H2,(H,17,20)(H,21,22). The molecule has 9 heteroatoms. The van der Waals surface area contributed by atoms with Gasteiger partial charge in [-0.05, 0) is 24.3 Å². The van der Waals surface area contributed by atoms with Crippen LogP contribution in [-0.4, -0.2) is 46.9 Å². The summed E-state index contributed by atoms with van der Waals surface area (Å²) in [6.45, 7) is 0.902. The maximum absolute atomic E-state index is 12.0. The molecule has 1 amide bonds. The third-order valence-electron chi connectivity index (χ3n) is 4.34. The number of hydrogen-bond acceptors (Lipinski definition) is 7. The second kappa shape index (κ2) is 7.75. The fourth-order valence-corrected chi connectivity index (χ4v) is 3.30. The predicted molar refractivity (Wildman–Crippen MR) is 89.1 cm³/mol. The Hall–Kier alpha value is -2.26. The summed E-state index contributed by atoms with van der Waals surface area (Å²) in [5, 5.41) is 19.9. The Labute approximate surface area is 148 Å². The van der Waals surface area contributed by atoms with E-state index in [1.807, 2.05) is 16.8 Å². The van der Waals surface area contributed by atoms with Gasteiger partial charge in [0.15, 0.2) is 0 Å². The third kappa shape index (κ3) is 4.23. The van der Waals surface area contributed by atoms with Crippen molar-refractivity contribution in [2.75, 3.05) is 19.8 Å². The molecule has 0 radical (unpaired) electrons. The highest BCUT2D eigenvalue weighted by Crippen LogP contribution is 2.30. The average Bonchev–Trinajstić information content (AvgIpc) is 3.30. The van der Waals surface area contributed by atoms with Crippen molar-refractivity contribution in [1.29, 1.82) is 0 Å². The highest BCUT2D eigenvalue weighted by Gasteiger charge is 2.40. The second-order valence-electron chi connectivity index (χ2n) is 6.00. The topological polar surface area (TPSA) is 115 Å². The number of carboxylic acids is 1. The molecule has 1 saturated heterocycles. The van der Waals surface area contributed by atoms with Gasteiger partial charge < -0.3 is 19.7 Å². The van der Waals surface area contributed by atoms with Crippen LogP contribution in [0.4, 0.5) is 0 Å². The lowest BCUT2D eigenvalue weighted by atomic mass is 9.80. The van der Waals surface area contributed by atoms with E-state index in [0.29, 0.717) is 44.2 Å². The monoisotopic (exact) mass is 365 g/mol. The molecular weight excluding hydrogens is 346 g/mol. The van der Waals surface area contributed by atoms with E-state index in [0.717, 1.165) is 5.56 Å². The summed E-state index contributed by atoms with van der Waals surface area (Å²) in [5.74, 6) is -0.241. The lowest BCUT2D eigenvalue weighted by Crippen LogP contribution is -2.46. The highest BCUT2D eigenvalue weighted by atomic mass is 32.1. The largest absolute Gasteiger partial charge is 0.481 e. The van der Waals surface area contributed by atoms with Gasteiger partial charge in [-0.25, -0.2) is 0 Å². The van der Waals surface area contributed by atoms with Crippen molar-refractivity contribution >= 4 is 23.2 Å². The van der Waals surface area contributed by atoms with Gasteiger partial charge in [-0.2, -0.15) is 16.3 Å². The number of carbonyl (C=O) groups excluding carboxylic acids is 1. The second-order valence-corrected chi connectivity index (χ2v) is 6.78. The molecule has 0 aliphatic carbocycles. The number of thiophene rings is 1. The molecule has 134 valence electrons. The Morgan fingerprint density at radius 3 is 2.84 bits per heavy atom. The van der Waals surface area contributed by atoms with Gasteiger partial charge in [0.25, 0.3) is 0 Å². The fraction of sp³-hybridized carbons (Fsp3) is 0.500. The van der Waals surface area contributed by atoms with Gasteiger partial charge in [0, 0.05) is 43.5 Å². The van der Waals surface area contributed by atoms with Gasteiger partial charge in [-0.1, -0.05) is 5.16 Å². The molecule has 0 saturated carbocycles. The summed E-state index contributed by atoms with van der Waals surface area (Å²) in [6, 6.07) is 1.89. The molecule has 3 heterocycles. The first-order valence-electron chi connectivity index (χ1n) is 8.02. The molecule has 1 aliphatic heterocycles. The van der Waals surface area contributed by atoms with Crippen LogP contribution in [0.15, 0.2) is 21.3 Å². The molecular formula is C16H19N3O5S. The molecule has 1 fully saturated rings. The van der Waals surface area contributed by atoms with Gasteiger partial charge in [0.05, 0.1) is 5.41 Å². The van der Waals surface area contributed by atoms with Crippen LogP contribution < -0.4 is 5.32 Å². The van der Waals surface area contributed by atoms with Crippen LogP contribution >= 0.6 is 11.3 Å². The van der Waals surface area contributed by atoms with E-state index >= 15 is 0 Å². The highest BCUT2D eigenvalue weighted by molar-refractivity contribution is 7.08. The molecule has 0 bridgehead atoms. The minimum absolute atomic E-state index is 0.106. The molecule has 0 atom stereocenters. The lowest BCUT2D eigenvalue weighted by Gasteiger charge is -2.33. The van der Waals surface area contributed by atoms with E-state index in [2.05, 4.69) is 15.5 Å². The summed E-state index contributed by atoms with van der Waals surface area (Å²) in [5.41, 5.74) is -0.0581. The summed E-state index contributed by atoms with van der Waals surface area (Å²) >= 11 is 1.54. The van der Waals surface area contributed by atoms with Crippen molar-refractivity contribution in [1.82, 2.24) is 15.5 Å². The number of ether oxygens (including phenoxy) is 1. The molecule has 0 unspecified atom stereocenters. The molecule has 1 aliphatic rings. The molecule has 0 aromatic carbocycles. The zero-order valence-corrected chi connectivity index (χ0v) is 14.4. The quantitative estimate of drug-likeness (QED) is 0.768. The first-order chi connectivity index (χ1) is 12.1. The van der Waals surface area contributed by atoms with Crippen LogP contribution in [0.5, 0.6) is 0 Å². The molecule has 2 N–H and O–H groups in total. The van der Waals surface area contributed by atoms with E-state index in [9.17, 15) is 14.7 Å². The predicted octanol–water partition coefficient (Wildman–Crippen LogP) is 1.73. The van der Waals surface area contributed by atoms with Gasteiger partial charge in [-0.3, -0.25) is 9.59 Å². The Bertz CT molecular complexity index is 722. The summed E-state index contributed by atoms with van der Waals surface area (Å²) < 4.78 is 10.4. The van der Waals surface area contributed by atoms with Gasteiger partial charge in [-0.15, -0.1) is 0 Å². The van der Waals surface area contributed by atoms with Gasteiger partial charge >= 0.3 is 5.97 Å². The SMILES string of the molecule is O=C(CCc1nc(-c2ccsc2)no1)NCC1(C(=O)O)CCOCC1. The van der Waals surface area contributed by atoms with Crippen LogP contribution in [0.1, 0.15) is 25.2 Å². The van der Waals surface area contributed by atoms with Crippen molar-refractivity contribution in [3.63, 3.8) is 0 Å². The third-order valence-corrected chi connectivity index (χ3v) is 5.02. The number of aliphatic carboxylic acids is 1. The Kier molecular flexibility index (Phi) is 5.44. The van der Waals surface area contributed by atoms with Crippen LogP contribution in [-0.2, 0) is 20.7 Å².